The summed E-state index contributed by atoms with van der Waals surface area (Å²) in [5.74, 6) is -0.383. The topological polar surface area (TPSA) is 56.1 Å². The molecule has 4 rings (SSSR count). The molecule has 2 heterocycles. The van der Waals surface area contributed by atoms with Gasteiger partial charge in [0.25, 0.3) is 0 Å². The van der Waals surface area contributed by atoms with E-state index in [9.17, 15) is 18.0 Å². The zero-order valence-electron chi connectivity index (χ0n) is 17.7. The highest BCUT2D eigenvalue weighted by Crippen LogP contribution is 2.46. The number of amides is 1. The fourth-order valence-electron chi connectivity index (χ4n) is 3.98. The second kappa shape index (κ2) is 8.31. The summed E-state index contributed by atoms with van der Waals surface area (Å²) in [5, 5.41) is 4.34. The summed E-state index contributed by atoms with van der Waals surface area (Å²) in [6, 6.07) is 10.9. The maximum atomic E-state index is 12.9. The summed E-state index contributed by atoms with van der Waals surface area (Å²) < 4.78 is 44.2. The van der Waals surface area contributed by atoms with E-state index in [0.29, 0.717) is 18.5 Å². The molecule has 1 amide bonds. The lowest BCUT2D eigenvalue weighted by atomic mass is 9.94. The molecule has 1 fully saturated rings. The first-order valence-electron chi connectivity index (χ1n) is 10.3. The standard InChI is InChI=1S/C23H23ClF3N3O2/c1-14(16-4-3-5-18-17(16)6-9-30(18)2)10-20(31)29-22(7-8-22)19-11-15(24)12-21(28-19)32-13-23(25,26)27/h3-6,9,11-12,14H,7-8,10,13H2,1-2H3,(H,29,31)/t14-/m0/s1. The first-order chi connectivity index (χ1) is 15.1. The molecule has 0 bridgehead atoms. The Bertz CT molecular complexity index is 1160. The van der Waals surface area contributed by atoms with E-state index in [1.54, 1.807) is 6.07 Å². The van der Waals surface area contributed by atoms with Crippen LogP contribution < -0.4 is 10.1 Å². The Morgan fingerprint density at radius 1 is 1.31 bits per heavy atom. The number of aromatic nitrogens is 2. The van der Waals surface area contributed by atoms with Crippen LogP contribution >= 0.6 is 11.6 Å². The maximum absolute atomic E-state index is 12.9. The Kier molecular flexibility index (Phi) is 5.83. The Balaban J connectivity index is 1.47. The molecule has 1 N–H and O–H groups in total. The van der Waals surface area contributed by atoms with E-state index < -0.39 is 18.3 Å². The number of rotatable bonds is 7. The van der Waals surface area contributed by atoms with Crippen molar-refractivity contribution in [3.8, 4) is 5.88 Å². The van der Waals surface area contributed by atoms with Gasteiger partial charge in [0.05, 0.1) is 11.2 Å². The first-order valence-corrected chi connectivity index (χ1v) is 10.7. The highest BCUT2D eigenvalue weighted by molar-refractivity contribution is 6.30. The maximum Gasteiger partial charge on any atom is 0.422 e. The van der Waals surface area contributed by atoms with Gasteiger partial charge in [-0.05, 0) is 42.5 Å². The Labute approximate surface area is 188 Å². The number of carbonyl (C=O) groups is 1. The van der Waals surface area contributed by atoms with Crippen LogP contribution in [0.4, 0.5) is 13.2 Å². The van der Waals surface area contributed by atoms with Crippen LogP contribution in [0.1, 0.15) is 43.4 Å². The van der Waals surface area contributed by atoms with E-state index in [1.807, 2.05) is 49.0 Å². The van der Waals surface area contributed by atoms with Gasteiger partial charge in [0.15, 0.2) is 6.61 Å². The van der Waals surface area contributed by atoms with E-state index >= 15 is 0 Å². The van der Waals surface area contributed by atoms with Crippen molar-refractivity contribution in [2.45, 2.75) is 43.8 Å². The number of ether oxygens (including phenoxy) is 1. The van der Waals surface area contributed by atoms with Crippen molar-refractivity contribution in [2.75, 3.05) is 6.61 Å². The SMILES string of the molecule is C[C@@H](CC(=O)NC1(c2cc(Cl)cc(OCC(F)(F)F)n2)CC1)c1cccc2c1ccn2C. The number of pyridine rings is 1. The van der Waals surface area contributed by atoms with Crippen LogP contribution in [0.5, 0.6) is 5.88 Å². The van der Waals surface area contributed by atoms with Crippen molar-refractivity contribution < 1.29 is 22.7 Å². The fourth-order valence-corrected chi connectivity index (χ4v) is 4.18. The first kappa shape index (κ1) is 22.5. The van der Waals surface area contributed by atoms with Crippen LogP contribution in [0.2, 0.25) is 5.02 Å². The molecule has 170 valence electrons. The van der Waals surface area contributed by atoms with Crippen LogP contribution in [-0.4, -0.2) is 28.2 Å². The van der Waals surface area contributed by atoms with Crippen molar-refractivity contribution in [3.05, 3.63) is 58.9 Å². The minimum atomic E-state index is -4.48. The molecule has 3 aromatic rings. The van der Waals surface area contributed by atoms with Gasteiger partial charge in [-0.1, -0.05) is 30.7 Å². The quantitative estimate of drug-likeness (QED) is 0.503. The Morgan fingerprint density at radius 2 is 2.06 bits per heavy atom. The lowest BCUT2D eigenvalue weighted by Crippen LogP contribution is -2.36. The third-order valence-corrected chi connectivity index (χ3v) is 5.97. The van der Waals surface area contributed by atoms with Crippen molar-refractivity contribution in [2.24, 2.45) is 7.05 Å². The summed E-state index contributed by atoms with van der Waals surface area (Å²) in [7, 11) is 1.98. The predicted molar refractivity (Wildman–Crippen MR) is 116 cm³/mol. The van der Waals surface area contributed by atoms with E-state index in [0.717, 1.165) is 16.5 Å². The summed E-state index contributed by atoms with van der Waals surface area (Å²) in [6.45, 7) is 0.545. The van der Waals surface area contributed by atoms with Crippen molar-refractivity contribution in [1.82, 2.24) is 14.9 Å². The zero-order chi connectivity index (χ0) is 23.1. The van der Waals surface area contributed by atoms with E-state index in [2.05, 4.69) is 10.3 Å². The van der Waals surface area contributed by atoms with E-state index in [1.165, 1.54) is 6.07 Å². The van der Waals surface area contributed by atoms with Crippen LogP contribution in [0.15, 0.2) is 42.6 Å². The molecule has 0 radical (unpaired) electrons. The molecule has 0 unspecified atom stereocenters. The number of halogens is 4. The Morgan fingerprint density at radius 3 is 2.75 bits per heavy atom. The van der Waals surface area contributed by atoms with Gasteiger partial charge in [0, 0.05) is 41.7 Å². The van der Waals surface area contributed by atoms with Gasteiger partial charge in [-0.3, -0.25) is 4.79 Å². The van der Waals surface area contributed by atoms with Crippen LogP contribution in [-0.2, 0) is 17.4 Å². The predicted octanol–water partition coefficient (Wildman–Crippen LogP) is 5.47. The number of nitrogens with zero attached hydrogens (tertiary/aromatic N) is 2. The molecule has 2 aromatic heterocycles. The Hall–Kier alpha value is -2.74. The van der Waals surface area contributed by atoms with E-state index in [-0.39, 0.29) is 29.1 Å². The molecule has 1 saturated carbocycles. The number of nitrogens with one attached hydrogen (secondary N) is 1. The van der Waals surface area contributed by atoms with Gasteiger partial charge in [0.2, 0.25) is 11.8 Å². The van der Waals surface area contributed by atoms with Crippen LogP contribution in [0.25, 0.3) is 10.9 Å². The number of aryl methyl sites for hydroxylation is 1. The lowest BCUT2D eigenvalue weighted by Gasteiger charge is -2.20. The van der Waals surface area contributed by atoms with Crippen molar-refractivity contribution >= 4 is 28.4 Å². The monoisotopic (exact) mass is 465 g/mol. The molecule has 9 heteroatoms. The van der Waals surface area contributed by atoms with Gasteiger partial charge in [-0.15, -0.1) is 0 Å². The normalized spacial score (nSPS) is 16.1. The molecule has 0 spiro atoms. The molecule has 1 aliphatic rings. The zero-order valence-corrected chi connectivity index (χ0v) is 18.4. The summed E-state index contributed by atoms with van der Waals surface area (Å²) in [6.07, 6.45) is -0.953. The molecule has 1 aromatic carbocycles. The fraction of sp³-hybridized carbons (Fsp3) is 0.391. The highest BCUT2D eigenvalue weighted by atomic mass is 35.5. The van der Waals surface area contributed by atoms with E-state index in [4.69, 9.17) is 16.3 Å². The average Bonchev–Trinajstić information content (AvgIpc) is 3.40. The third-order valence-electron chi connectivity index (χ3n) is 5.75. The summed E-state index contributed by atoms with van der Waals surface area (Å²) >= 11 is 6.08. The number of hydrogen-bond donors (Lipinski definition) is 1. The molecule has 1 aliphatic carbocycles. The number of carbonyl (C=O) groups excluding carboxylic acids is 1. The van der Waals surface area contributed by atoms with Gasteiger partial charge in [0.1, 0.15) is 0 Å². The molecular weight excluding hydrogens is 443 g/mol. The van der Waals surface area contributed by atoms with Gasteiger partial charge in [-0.2, -0.15) is 13.2 Å². The molecule has 32 heavy (non-hydrogen) atoms. The second-order valence-electron chi connectivity index (χ2n) is 8.35. The lowest BCUT2D eigenvalue weighted by molar-refractivity contribution is -0.154. The smallest absolute Gasteiger partial charge is 0.422 e. The van der Waals surface area contributed by atoms with Gasteiger partial charge < -0.3 is 14.6 Å². The van der Waals surface area contributed by atoms with Gasteiger partial charge in [-0.25, -0.2) is 4.98 Å². The van der Waals surface area contributed by atoms with Gasteiger partial charge >= 0.3 is 6.18 Å². The van der Waals surface area contributed by atoms with Crippen molar-refractivity contribution in [1.29, 1.82) is 0 Å². The molecule has 0 saturated heterocycles. The molecule has 1 atom stereocenters. The molecule has 0 aliphatic heterocycles. The van der Waals surface area contributed by atoms with Crippen LogP contribution in [0.3, 0.4) is 0 Å². The summed E-state index contributed by atoms with van der Waals surface area (Å²) in [5.41, 5.74) is 1.87. The highest BCUT2D eigenvalue weighted by Gasteiger charge is 2.47. The second-order valence-corrected chi connectivity index (χ2v) is 8.79. The number of benzene rings is 1. The van der Waals surface area contributed by atoms with Crippen LogP contribution in [0, 0.1) is 0 Å². The number of hydrogen-bond acceptors (Lipinski definition) is 3. The minimum Gasteiger partial charge on any atom is -0.468 e. The number of alkyl halides is 3. The average molecular weight is 466 g/mol. The molecular formula is C23H23ClF3N3O2. The molecule has 5 nitrogen and oxygen atoms in total. The largest absolute Gasteiger partial charge is 0.468 e. The van der Waals surface area contributed by atoms with Crippen molar-refractivity contribution in [3.63, 3.8) is 0 Å². The number of fused-ring (bicyclic) bond motifs is 1. The third kappa shape index (κ3) is 4.85. The summed E-state index contributed by atoms with van der Waals surface area (Å²) in [4.78, 5) is 17.0. The minimum absolute atomic E-state index is 0.0186.